The zero-order valence-corrected chi connectivity index (χ0v) is 14.9. The summed E-state index contributed by atoms with van der Waals surface area (Å²) in [5, 5.41) is 1.19. The Balaban J connectivity index is 1.76. The molecule has 1 aromatic carbocycles. The summed E-state index contributed by atoms with van der Waals surface area (Å²) in [6.07, 6.45) is 2.50. The van der Waals surface area contributed by atoms with Gasteiger partial charge in [-0.2, -0.15) is 0 Å². The summed E-state index contributed by atoms with van der Waals surface area (Å²) in [6, 6.07) is 10.3. The standard InChI is InChI=1S/C17H28O4Si/c1-4-20-22(3,17-10-6-5-7-11-17)21-15(2)9-8-12-18-13-16-14-19-16/h5-7,10-11,15-16H,4,8-9,12-14H2,1-3H3. The first-order valence-corrected chi connectivity index (χ1v) is 10.5. The lowest BCUT2D eigenvalue weighted by Crippen LogP contribution is -2.52. The number of hydrogen-bond acceptors (Lipinski definition) is 4. The van der Waals surface area contributed by atoms with Crippen molar-refractivity contribution in [3.63, 3.8) is 0 Å². The molecule has 0 bridgehead atoms. The predicted octanol–water partition coefficient (Wildman–Crippen LogP) is 2.60. The van der Waals surface area contributed by atoms with Gasteiger partial charge in [0.15, 0.2) is 0 Å². The van der Waals surface area contributed by atoms with Crippen LogP contribution in [0.3, 0.4) is 0 Å². The highest BCUT2D eigenvalue weighted by Gasteiger charge is 2.35. The molecule has 1 aliphatic rings. The Bertz CT molecular complexity index is 424. The van der Waals surface area contributed by atoms with Crippen molar-refractivity contribution >= 4 is 13.7 Å². The summed E-state index contributed by atoms with van der Waals surface area (Å²) < 4.78 is 23.1. The quantitative estimate of drug-likeness (QED) is 0.356. The van der Waals surface area contributed by atoms with Gasteiger partial charge in [0, 0.05) is 19.3 Å². The number of epoxide rings is 1. The van der Waals surface area contributed by atoms with Gasteiger partial charge in [0.2, 0.25) is 0 Å². The maximum atomic E-state index is 6.34. The van der Waals surface area contributed by atoms with Gasteiger partial charge < -0.3 is 18.3 Å². The molecular weight excluding hydrogens is 296 g/mol. The summed E-state index contributed by atoms with van der Waals surface area (Å²) in [5.74, 6) is 0. The van der Waals surface area contributed by atoms with Gasteiger partial charge in [0.1, 0.15) is 6.10 Å². The van der Waals surface area contributed by atoms with Gasteiger partial charge in [-0.25, -0.2) is 0 Å². The van der Waals surface area contributed by atoms with Crippen molar-refractivity contribution in [2.24, 2.45) is 0 Å². The predicted molar refractivity (Wildman–Crippen MR) is 89.7 cm³/mol. The molecule has 0 aliphatic carbocycles. The van der Waals surface area contributed by atoms with E-state index in [1.807, 2.05) is 25.1 Å². The van der Waals surface area contributed by atoms with E-state index in [4.69, 9.17) is 18.3 Å². The molecule has 0 amide bonds. The van der Waals surface area contributed by atoms with Crippen LogP contribution in [-0.2, 0) is 18.3 Å². The highest BCUT2D eigenvalue weighted by molar-refractivity contribution is 6.80. The summed E-state index contributed by atoms with van der Waals surface area (Å²) in [5.41, 5.74) is 0. The largest absolute Gasteiger partial charge is 0.391 e. The first-order valence-electron chi connectivity index (χ1n) is 8.20. The van der Waals surface area contributed by atoms with Crippen LogP contribution in [0.2, 0.25) is 6.55 Å². The highest BCUT2D eigenvalue weighted by atomic mass is 28.4. The summed E-state index contributed by atoms with van der Waals surface area (Å²) >= 11 is 0. The minimum Gasteiger partial charge on any atom is -0.391 e. The Morgan fingerprint density at radius 1 is 1.32 bits per heavy atom. The molecule has 0 aromatic heterocycles. The third-order valence-electron chi connectivity index (χ3n) is 3.75. The van der Waals surface area contributed by atoms with Crippen molar-refractivity contribution in [1.82, 2.24) is 0 Å². The molecule has 22 heavy (non-hydrogen) atoms. The number of ether oxygens (including phenoxy) is 2. The average molecular weight is 324 g/mol. The molecule has 1 aliphatic heterocycles. The van der Waals surface area contributed by atoms with Crippen LogP contribution in [0.4, 0.5) is 0 Å². The molecule has 0 spiro atoms. The number of benzene rings is 1. The summed E-state index contributed by atoms with van der Waals surface area (Å²) in [6.45, 7) is 9.30. The van der Waals surface area contributed by atoms with Gasteiger partial charge in [-0.05, 0) is 38.4 Å². The third-order valence-corrected chi connectivity index (χ3v) is 6.82. The second-order valence-electron chi connectivity index (χ2n) is 5.85. The average Bonchev–Trinajstić information content (AvgIpc) is 3.32. The lowest BCUT2D eigenvalue weighted by Gasteiger charge is -2.30. The molecule has 0 saturated carbocycles. The van der Waals surface area contributed by atoms with E-state index in [-0.39, 0.29) is 6.10 Å². The Morgan fingerprint density at radius 2 is 2.05 bits per heavy atom. The minimum absolute atomic E-state index is 0.171. The normalized spacial score (nSPS) is 21.3. The molecular formula is C17H28O4Si. The zero-order valence-electron chi connectivity index (χ0n) is 13.9. The van der Waals surface area contributed by atoms with Crippen LogP contribution in [0.5, 0.6) is 0 Å². The Kier molecular flexibility index (Phi) is 7.04. The first-order chi connectivity index (χ1) is 10.6. The molecule has 2 rings (SSSR count). The van der Waals surface area contributed by atoms with Gasteiger partial charge in [-0.15, -0.1) is 0 Å². The Morgan fingerprint density at radius 3 is 2.68 bits per heavy atom. The SMILES string of the molecule is CCO[Si](C)(OC(C)CCCOCC1CO1)c1ccccc1. The van der Waals surface area contributed by atoms with Gasteiger partial charge in [0.05, 0.1) is 13.2 Å². The maximum absolute atomic E-state index is 6.34. The molecule has 0 radical (unpaired) electrons. The van der Waals surface area contributed by atoms with E-state index < -0.39 is 8.56 Å². The monoisotopic (exact) mass is 324 g/mol. The zero-order chi connectivity index (χ0) is 15.8. The van der Waals surface area contributed by atoms with Crippen LogP contribution in [0.25, 0.3) is 0 Å². The highest BCUT2D eigenvalue weighted by Crippen LogP contribution is 2.15. The Labute approximate surface area is 135 Å². The fraction of sp³-hybridized carbons (Fsp3) is 0.647. The minimum atomic E-state index is -2.33. The van der Waals surface area contributed by atoms with E-state index in [2.05, 4.69) is 25.6 Å². The van der Waals surface area contributed by atoms with Crippen LogP contribution in [0.1, 0.15) is 26.7 Å². The fourth-order valence-corrected chi connectivity index (χ4v) is 5.10. The maximum Gasteiger partial charge on any atom is 0.369 e. The van der Waals surface area contributed by atoms with E-state index in [1.165, 1.54) is 5.19 Å². The van der Waals surface area contributed by atoms with E-state index >= 15 is 0 Å². The van der Waals surface area contributed by atoms with Crippen molar-refractivity contribution in [2.75, 3.05) is 26.4 Å². The van der Waals surface area contributed by atoms with Crippen LogP contribution in [0.15, 0.2) is 30.3 Å². The smallest absolute Gasteiger partial charge is 0.369 e. The second-order valence-corrected chi connectivity index (χ2v) is 8.84. The van der Waals surface area contributed by atoms with Crippen molar-refractivity contribution in [2.45, 2.75) is 45.4 Å². The van der Waals surface area contributed by atoms with E-state index in [0.29, 0.717) is 12.7 Å². The molecule has 5 heteroatoms. The molecule has 3 unspecified atom stereocenters. The number of rotatable bonds is 11. The third kappa shape index (κ3) is 5.82. The van der Waals surface area contributed by atoms with Gasteiger partial charge in [0.25, 0.3) is 0 Å². The van der Waals surface area contributed by atoms with Crippen LogP contribution in [-0.4, -0.2) is 47.2 Å². The molecule has 1 saturated heterocycles. The van der Waals surface area contributed by atoms with Crippen LogP contribution < -0.4 is 5.19 Å². The van der Waals surface area contributed by atoms with Gasteiger partial charge in [-0.3, -0.25) is 0 Å². The van der Waals surface area contributed by atoms with E-state index in [0.717, 1.165) is 32.7 Å². The lowest BCUT2D eigenvalue weighted by atomic mass is 10.2. The van der Waals surface area contributed by atoms with Crippen LogP contribution in [0, 0.1) is 0 Å². The van der Waals surface area contributed by atoms with E-state index in [1.54, 1.807) is 0 Å². The summed E-state index contributed by atoms with van der Waals surface area (Å²) in [4.78, 5) is 0. The van der Waals surface area contributed by atoms with E-state index in [9.17, 15) is 0 Å². The number of hydrogen-bond donors (Lipinski definition) is 0. The molecule has 4 nitrogen and oxygen atoms in total. The van der Waals surface area contributed by atoms with Crippen molar-refractivity contribution in [3.05, 3.63) is 30.3 Å². The Hall–Kier alpha value is -0.723. The molecule has 0 N–H and O–H groups in total. The molecule has 1 heterocycles. The van der Waals surface area contributed by atoms with Crippen molar-refractivity contribution in [1.29, 1.82) is 0 Å². The van der Waals surface area contributed by atoms with Crippen molar-refractivity contribution in [3.8, 4) is 0 Å². The van der Waals surface area contributed by atoms with Gasteiger partial charge >= 0.3 is 8.56 Å². The molecule has 3 atom stereocenters. The van der Waals surface area contributed by atoms with Crippen molar-refractivity contribution < 1.29 is 18.3 Å². The van der Waals surface area contributed by atoms with Crippen LogP contribution >= 0.6 is 0 Å². The summed E-state index contributed by atoms with van der Waals surface area (Å²) in [7, 11) is -2.33. The first kappa shape index (κ1) is 17.6. The topological polar surface area (TPSA) is 40.2 Å². The molecule has 1 fully saturated rings. The molecule has 1 aromatic rings. The fourth-order valence-electron chi connectivity index (χ4n) is 2.50. The van der Waals surface area contributed by atoms with Gasteiger partial charge in [-0.1, -0.05) is 30.3 Å². The second kappa shape index (κ2) is 8.79. The lowest BCUT2D eigenvalue weighted by molar-refractivity contribution is 0.0932. The molecule has 124 valence electrons.